The van der Waals surface area contributed by atoms with Gasteiger partial charge in [-0.3, -0.25) is 9.69 Å². The van der Waals surface area contributed by atoms with E-state index in [4.69, 9.17) is 4.52 Å². The molecule has 0 spiro atoms. The van der Waals surface area contributed by atoms with Gasteiger partial charge in [0.25, 0.3) is 0 Å². The number of piperidine rings is 1. The first kappa shape index (κ1) is 17.3. The van der Waals surface area contributed by atoms with Crippen LogP contribution in [0.5, 0.6) is 0 Å². The van der Waals surface area contributed by atoms with Gasteiger partial charge in [-0.05, 0) is 50.8 Å². The summed E-state index contributed by atoms with van der Waals surface area (Å²) in [4.78, 5) is 17.6. The van der Waals surface area contributed by atoms with Gasteiger partial charge in [0.15, 0.2) is 0 Å². The Hall–Kier alpha value is -2.14. The van der Waals surface area contributed by atoms with Gasteiger partial charge in [0.1, 0.15) is 5.76 Å². The number of fused-ring (bicyclic) bond motifs is 1. The Bertz CT molecular complexity index is 779. The lowest BCUT2D eigenvalue weighted by atomic mass is 9.93. The summed E-state index contributed by atoms with van der Waals surface area (Å²) < 4.78 is 5.29. The summed E-state index contributed by atoms with van der Waals surface area (Å²) in [6, 6.07) is 8.49. The standard InChI is InChI=1S/C21H27N3O2/c1-15-20(16(2)26-22-15)14-23-10-5-8-19(12-23)21(25)24-11-9-17-6-3-4-7-18(17)13-24/h3-4,6-7,19H,5,8-14H2,1-2H3. The number of carbonyl (C=O) groups is 1. The van der Waals surface area contributed by atoms with Crippen LogP contribution < -0.4 is 0 Å². The summed E-state index contributed by atoms with van der Waals surface area (Å²) in [5, 5.41) is 4.05. The highest BCUT2D eigenvalue weighted by Gasteiger charge is 2.31. The molecule has 1 amide bonds. The number of carbonyl (C=O) groups excluding carboxylic acids is 1. The lowest BCUT2D eigenvalue weighted by Gasteiger charge is -2.36. The highest BCUT2D eigenvalue weighted by atomic mass is 16.5. The highest BCUT2D eigenvalue weighted by molar-refractivity contribution is 5.79. The Morgan fingerprint density at radius 3 is 2.81 bits per heavy atom. The zero-order chi connectivity index (χ0) is 18.1. The summed E-state index contributed by atoms with van der Waals surface area (Å²) in [7, 11) is 0. The molecule has 2 aromatic rings. The number of amides is 1. The quantitative estimate of drug-likeness (QED) is 0.851. The number of aryl methyl sites for hydroxylation is 2. The van der Waals surface area contributed by atoms with E-state index in [1.807, 2.05) is 13.8 Å². The first-order valence-electron chi connectivity index (χ1n) is 9.61. The Morgan fingerprint density at radius 2 is 2.04 bits per heavy atom. The van der Waals surface area contributed by atoms with Crippen LogP contribution in [0.3, 0.4) is 0 Å². The molecule has 1 atom stereocenters. The van der Waals surface area contributed by atoms with Crippen molar-refractivity contribution in [1.82, 2.24) is 15.0 Å². The molecule has 1 aromatic heterocycles. The van der Waals surface area contributed by atoms with Crippen LogP contribution in [0.1, 0.15) is 41.0 Å². The monoisotopic (exact) mass is 353 g/mol. The molecule has 4 rings (SSSR count). The minimum absolute atomic E-state index is 0.106. The molecular weight excluding hydrogens is 326 g/mol. The third kappa shape index (κ3) is 3.40. The maximum absolute atomic E-state index is 13.1. The topological polar surface area (TPSA) is 49.6 Å². The van der Waals surface area contributed by atoms with Gasteiger partial charge in [-0.2, -0.15) is 0 Å². The third-order valence-electron chi connectivity index (χ3n) is 5.86. The second-order valence-corrected chi connectivity index (χ2v) is 7.66. The summed E-state index contributed by atoms with van der Waals surface area (Å²) in [5.74, 6) is 1.32. The van der Waals surface area contributed by atoms with Gasteiger partial charge < -0.3 is 9.42 Å². The van der Waals surface area contributed by atoms with Gasteiger partial charge in [0.2, 0.25) is 5.91 Å². The number of hydrogen-bond acceptors (Lipinski definition) is 4. The summed E-state index contributed by atoms with van der Waals surface area (Å²) >= 11 is 0. The van der Waals surface area contributed by atoms with Gasteiger partial charge in [0.05, 0.1) is 11.6 Å². The van der Waals surface area contributed by atoms with Gasteiger partial charge in [-0.1, -0.05) is 29.4 Å². The zero-order valence-corrected chi connectivity index (χ0v) is 15.7. The van der Waals surface area contributed by atoms with Crippen molar-refractivity contribution in [2.45, 2.75) is 46.2 Å². The van der Waals surface area contributed by atoms with E-state index < -0.39 is 0 Å². The van der Waals surface area contributed by atoms with Crippen LogP contribution in [0, 0.1) is 19.8 Å². The van der Waals surface area contributed by atoms with E-state index in [0.29, 0.717) is 5.91 Å². The van der Waals surface area contributed by atoms with Crippen LogP contribution in [-0.4, -0.2) is 40.5 Å². The number of nitrogens with zero attached hydrogens (tertiary/aromatic N) is 3. The number of likely N-dealkylation sites (tertiary alicyclic amines) is 1. The van der Waals surface area contributed by atoms with Crippen LogP contribution in [0.2, 0.25) is 0 Å². The van der Waals surface area contributed by atoms with Crippen molar-refractivity contribution >= 4 is 5.91 Å². The van der Waals surface area contributed by atoms with Crippen molar-refractivity contribution in [2.24, 2.45) is 5.92 Å². The van der Waals surface area contributed by atoms with Crippen molar-refractivity contribution in [1.29, 1.82) is 0 Å². The Kier molecular flexibility index (Phi) is 4.81. The molecule has 1 unspecified atom stereocenters. The minimum Gasteiger partial charge on any atom is -0.361 e. The fourth-order valence-corrected chi connectivity index (χ4v) is 4.29. The number of aromatic nitrogens is 1. The van der Waals surface area contributed by atoms with E-state index in [1.165, 1.54) is 16.7 Å². The molecule has 1 saturated heterocycles. The fraction of sp³-hybridized carbons (Fsp3) is 0.524. The molecule has 0 N–H and O–H groups in total. The molecule has 138 valence electrons. The van der Waals surface area contributed by atoms with E-state index in [0.717, 1.165) is 63.4 Å². The first-order valence-corrected chi connectivity index (χ1v) is 9.61. The maximum Gasteiger partial charge on any atom is 0.227 e. The Morgan fingerprint density at radius 1 is 1.23 bits per heavy atom. The van der Waals surface area contributed by atoms with Crippen molar-refractivity contribution in [3.63, 3.8) is 0 Å². The molecular formula is C21H27N3O2. The fourth-order valence-electron chi connectivity index (χ4n) is 4.29. The highest BCUT2D eigenvalue weighted by Crippen LogP contribution is 2.25. The normalized spacial score (nSPS) is 20.8. The van der Waals surface area contributed by atoms with E-state index in [9.17, 15) is 4.79 Å². The molecule has 0 radical (unpaired) electrons. The largest absolute Gasteiger partial charge is 0.361 e. The lowest BCUT2D eigenvalue weighted by molar-refractivity contribution is -0.138. The van der Waals surface area contributed by atoms with Gasteiger partial charge in [-0.25, -0.2) is 0 Å². The average molecular weight is 353 g/mol. The molecule has 0 saturated carbocycles. The predicted molar refractivity (Wildman–Crippen MR) is 99.5 cm³/mol. The predicted octanol–water partition coefficient (Wildman–Crippen LogP) is 3.09. The molecule has 26 heavy (non-hydrogen) atoms. The molecule has 5 nitrogen and oxygen atoms in total. The second-order valence-electron chi connectivity index (χ2n) is 7.66. The third-order valence-corrected chi connectivity index (χ3v) is 5.86. The van der Waals surface area contributed by atoms with Crippen LogP contribution in [0.25, 0.3) is 0 Å². The summed E-state index contributed by atoms with van der Waals surface area (Å²) in [5.41, 5.74) is 4.82. The number of benzene rings is 1. The van der Waals surface area contributed by atoms with Crippen molar-refractivity contribution < 1.29 is 9.32 Å². The van der Waals surface area contributed by atoms with Gasteiger partial charge in [0, 0.05) is 31.7 Å². The second kappa shape index (κ2) is 7.23. The first-order chi connectivity index (χ1) is 12.6. The average Bonchev–Trinajstić information content (AvgIpc) is 2.99. The molecule has 1 aromatic carbocycles. The van der Waals surface area contributed by atoms with E-state index in [2.05, 4.69) is 39.2 Å². The van der Waals surface area contributed by atoms with Crippen LogP contribution >= 0.6 is 0 Å². The Balaban J connectivity index is 1.41. The Labute approximate surface area is 155 Å². The van der Waals surface area contributed by atoms with Gasteiger partial charge >= 0.3 is 0 Å². The summed E-state index contributed by atoms with van der Waals surface area (Å²) in [6.07, 6.45) is 3.04. The molecule has 2 aliphatic rings. The number of hydrogen-bond donors (Lipinski definition) is 0. The van der Waals surface area contributed by atoms with Crippen LogP contribution in [-0.2, 0) is 24.3 Å². The van der Waals surface area contributed by atoms with Crippen LogP contribution in [0.15, 0.2) is 28.8 Å². The smallest absolute Gasteiger partial charge is 0.227 e. The minimum atomic E-state index is 0.106. The molecule has 0 bridgehead atoms. The molecule has 3 heterocycles. The van der Waals surface area contributed by atoms with Crippen molar-refractivity contribution in [2.75, 3.05) is 19.6 Å². The van der Waals surface area contributed by atoms with E-state index in [1.54, 1.807) is 0 Å². The summed E-state index contributed by atoms with van der Waals surface area (Å²) in [6.45, 7) is 8.26. The van der Waals surface area contributed by atoms with Gasteiger partial charge in [-0.15, -0.1) is 0 Å². The van der Waals surface area contributed by atoms with Crippen molar-refractivity contribution in [3.05, 3.63) is 52.4 Å². The maximum atomic E-state index is 13.1. The SMILES string of the molecule is Cc1noc(C)c1CN1CCCC(C(=O)N2CCc3ccccc3C2)C1. The zero-order valence-electron chi connectivity index (χ0n) is 15.7. The molecule has 1 fully saturated rings. The molecule has 5 heteroatoms. The molecule has 2 aliphatic heterocycles. The van der Waals surface area contributed by atoms with E-state index >= 15 is 0 Å². The number of rotatable bonds is 3. The van der Waals surface area contributed by atoms with Crippen molar-refractivity contribution in [3.8, 4) is 0 Å². The molecule has 0 aliphatic carbocycles. The lowest BCUT2D eigenvalue weighted by Crippen LogP contribution is -2.46. The van der Waals surface area contributed by atoms with E-state index in [-0.39, 0.29) is 5.92 Å². The van der Waals surface area contributed by atoms with Crippen LogP contribution in [0.4, 0.5) is 0 Å².